The van der Waals surface area contributed by atoms with Gasteiger partial charge in [-0.15, -0.1) is 0 Å². The lowest BCUT2D eigenvalue weighted by atomic mass is 10.00. The lowest BCUT2D eigenvalue weighted by Crippen LogP contribution is -2.12. The molecule has 0 aliphatic carbocycles. The van der Waals surface area contributed by atoms with E-state index in [1.54, 1.807) is 0 Å². The van der Waals surface area contributed by atoms with Crippen LogP contribution in [0, 0.1) is 0 Å². The minimum absolute atomic E-state index is 0.844. The first-order chi connectivity index (χ1) is 28.8. The van der Waals surface area contributed by atoms with E-state index in [2.05, 4.69) is 198 Å². The van der Waals surface area contributed by atoms with Crippen molar-refractivity contribution in [3.05, 3.63) is 206 Å². The van der Waals surface area contributed by atoms with Crippen molar-refractivity contribution in [2.75, 3.05) is 4.90 Å². The maximum Gasteiger partial charge on any atom is 0.159 e. The van der Waals surface area contributed by atoms with E-state index in [-0.39, 0.29) is 0 Å². The predicted molar refractivity (Wildman–Crippen MR) is 241 cm³/mol. The number of hydrogen-bond acceptors (Lipinski definition) is 3. The van der Waals surface area contributed by atoms with E-state index in [1.165, 1.54) is 0 Å². The normalized spacial score (nSPS) is 11.8. The van der Waals surface area contributed by atoms with Gasteiger partial charge in [-0.25, -0.2) is 0 Å². The number of rotatable bonds is 6. The van der Waals surface area contributed by atoms with Crippen LogP contribution >= 0.6 is 0 Å². The van der Waals surface area contributed by atoms with Gasteiger partial charge in [-0.3, -0.25) is 0 Å². The first kappa shape index (κ1) is 32.4. The Bertz CT molecular complexity index is 3530. The second-order valence-corrected chi connectivity index (χ2v) is 14.8. The summed E-state index contributed by atoms with van der Waals surface area (Å²) in [7, 11) is 0. The number of anilines is 3. The molecule has 0 unspecified atom stereocenters. The van der Waals surface area contributed by atoms with Crippen molar-refractivity contribution >= 4 is 82.7 Å². The number of benzene rings is 9. The molecule has 0 atom stereocenters. The van der Waals surface area contributed by atoms with Crippen molar-refractivity contribution in [2.45, 2.75) is 0 Å². The molecule has 58 heavy (non-hydrogen) atoms. The van der Waals surface area contributed by atoms with E-state index < -0.39 is 0 Å². The molecule has 12 rings (SSSR count). The molecule has 0 bridgehead atoms. The van der Waals surface area contributed by atoms with Crippen molar-refractivity contribution in [1.82, 2.24) is 4.57 Å². The SMILES string of the molecule is c1ccc(-c2ccccc2N(c2cccc3c2oc2ccccc23)c2cccc3c2c2ccccc2n3-c2ccccc2-c2cccc3c2oc2ccccc23)cc1. The summed E-state index contributed by atoms with van der Waals surface area (Å²) >= 11 is 0. The molecule has 3 heterocycles. The van der Waals surface area contributed by atoms with Crippen molar-refractivity contribution in [3.63, 3.8) is 0 Å². The van der Waals surface area contributed by atoms with Gasteiger partial charge in [0.15, 0.2) is 5.58 Å². The highest BCUT2D eigenvalue weighted by atomic mass is 16.3. The fraction of sp³-hybridized carbons (Fsp3) is 0. The van der Waals surface area contributed by atoms with Crippen LogP contribution in [0.5, 0.6) is 0 Å². The molecule has 0 aliphatic heterocycles. The third-order valence-electron chi connectivity index (χ3n) is 11.6. The van der Waals surface area contributed by atoms with Crippen LogP contribution in [0.4, 0.5) is 17.1 Å². The van der Waals surface area contributed by atoms with Crippen molar-refractivity contribution in [1.29, 1.82) is 0 Å². The van der Waals surface area contributed by atoms with E-state index in [9.17, 15) is 0 Å². The van der Waals surface area contributed by atoms with Crippen LogP contribution in [0.2, 0.25) is 0 Å². The fourth-order valence-electron chi connectivity index (χ4n) is 9.13. The monoisotopic (exact) mass is 742 g/mol. The molecule has 3 aromatic heterocycles. The average molecular weight is 743 g/mol. The lowest BCUT2D eigenvalue weighted by molar-refractivity contribution is 0.669. The molecule has 12 aromatic rings. The highest BCUT2D eigenvalue weighted by Gasteiger charge is 2.26. The second kappa shape index (κ2) is 12.9. The fourth-order valence-corrected chi connectivity index (χ4v) is 9.13. The Morgan fingerprint density at radius 3 is 1.66 bits per heavy atom. The van der Waals surface area contributed by atoms with Crippen LogP contribution in [0.15, 0.2) is 215 Å². The summed E-state index contributed by atoms with van der Waals surface area (Å²) < 4.78 is 15.8. The number of para-hydroxylation sites is 7. The zero-order valence-corrected chi connectivity index (χ0v) is 31.3. The van der Waals surface area contributed by atoms with Gasteiger partial charge in [-0.05, 0) is 54.1 Å². The minimum atomic E-state index is 0.844. The molecule has 0 saturated carbocycles. The third-order valence-corrected chi connectivity index (χ3v) is 11.6. The van der Waals surface area contributed by atoms with E-state index in [0.717, 1.165) is 111 Å². The van der Waals surface area contributed by atoms with Crippen LogP contribution in [-0.2, 0) is 0 Å². The quantitative estimate of drug-likeness (QED) is 0.170. The topological polar surface area (TPSA) is 34.5 Å². The highest BCUT2D eigenvalue weighted by molar-refractivity contribution is 6.19. The zero-order chi connectivity index (χ0) is 38.2. The van der Waals surface area contributed by atoms with Crippen LogP contribution in [0.25, 0.3) is 93.6 Å². The molecular weight excluding hydrogens is 709 g/mol. The van der Waals surface area contributed by atoms with E-state index >= 15 is 0 Å². The molecule has 0 radical (unpaired) electrons. The van der Waals surface area contributed by atoms with E-state index in [0.29, 0.717) is 0 Å². The average Bonchev–Trinajstić information content (AvgIpc) is 3.97. The van der Waals surface area contributed by atoms with Gasteiger partial charge in [-0.2, -0.15) is 0 Å². The molecule has 0 aliphatic rings. The van der Waals surface area contributed by atoms with Gasteiger partial charge in [0.25, 0.3) is 0 Å². The summed E-state index contributed by atoms with van der Waals surface area (Å²) in [6.45, 7) is 0. The van der Waals surface area contributed by atoms with Gasteiger partial charge in [0.1, 0.15) is 16.7 Å². The first-order valence-corrected chi connectivity index (χ1v) is 19.7. The molecule has 4 nitrogen and oxygen atoms in total. The Hall–Kier alpha value is -7.82. The Morgan fingerprint density at radius 1 is 0.328 bits per heavy atom. The molecule has 0 saturated heterocycles. The van der Waals surface area contributed by atoms with Gasteiger partial charge < -0.3 is 18.3 Å². The standard InChI is InChI=1S/C54H34N2O2/c1-2-17-35(18-3-1)36-19-4-9-27-44(36)56(49-32-15-26-42-39-22-8-13-34-51(39)58-54(42)49)48-31-16-30-47-52(48)43-23-6-11-29-46(43)55(47)45-28-10-5-20-37(45)40-24-14-25-41-38-21-7-12-33-50(38)57-53(40)41/h1-34H. The molecule has 0 amide bonds. The summed E-state index contributed by atoms with van der Waals surface area (Å²) in [6, 6.07) is 73.1. The van der Waals surface area contributed by atoms with Gasteiger partial charge in [0.2, 0.25) is 0 Å². The maximum atomic E-state index is 6.79. The maximum absolute atomic E-state index is 6.79. The van der Waals surface area contributed by atoms with Crippen LogP contribution in [0.1, 0.15) is 0 Å². The number of hydrogen-bond donors (Lipinski definition) is 0. The summed E-state index contributed by atoms with van der Waals surface area (Å²) in [5.74, 6) is 0. The Kier molecular flexibility index (Phi) is 7.20. The smallest absolute Gasteiger partial charge is 0.159 e. The zero-order valence-electron chi connectivity index (χ0n) is 31.3. The number of aromatic nitrogens is 1. The van der Waals surface area contributed by atoms with Gasteiger partial charge in [-0.1, -0.05) is 158 Å². The Balaban J connectivity index is 1.17. The molecule has 0 spiro atoms. The van der Waals surface area contributed by atoms with E-state index in [1.807, 2.05) is 18.2 Å². The lowest BCUT2D eigenvalue weighted by Gasteiger charge is -2.28. The molecule has 0 fully saturated rings. The molecular formula is C54H34N2O2. The van der Waals surface area contributed by atoms with Crippen molar-refractivity contribution < 1.29 is 8.83 Å². The highest BCUT2D eigenvalue weighted by Crippen LogP contribution is 2.50. The summed E-state index contributed by atoms with van der Waals surface area (Å²) in [5.41, 5.74) is 14.3. The number of fused-ring (bicyclic) bond motifs is 9. The van der Waals surface area contributed by atoms with Crippen molar-refractivity contribution in [3.8, 4) is 27.9 Å². The van der Waals surface area contributed by atoms with Crippen LogP contribution in [0.3, 0.4) is 0 Å². The van der Waals surface area contributed by atoms with Crippen LogP contribution < -0.4 is 4.90 Å². The van der Waals surface area contributed by atoms with Crippen LogP contribution in [-0.4, -0.2) is 4.57 Å². The third kappa shape index (κ3) is 4.82. The van der Waals surface area contributed by atoms with Gasteiger partial charge >= 0.3 is 0 Å². The number of nitrogens with zero attached hydrogens (tertiary/aromatic N) is 2. The van der Waals surface area contributed by atoms with E-state index in [4.69, 9.17) is 8.83 Å². The predicted octanol–water partition coefficient (Wildman–Crippen LogP) is 15.4. The molecule has 9 aromatic carbocycles. The van der Waals surface area contributed by atoms with Gasteiger partial charge in [0, 0.05) is 49.0 Å². The summed E-state index contributed by atoms with van der Waals surface area (Å²) in [5, 5.41) is 6.71. The summed E-state index contributed by atoms with van der Waals surface area (Å²) in [4.78, 5) is 2.41. The Labute approximate surface area is 334 Å². The first-order valence-electron chi connectivity index (χ1n) is 19.7. The van der Waals surface area contributed by atoms with Gasteiger partial charge in [0.05, 0.1) is 33.8 Å². The Morgan fingerprint density at radius 2 is 0.845 bits per heavy atom. The molecule has 272 valence electrons. The molecule has 0 N–H and O–H groups in total. The second-order valence-electron chi connectivity index (χ2n) is 14.8. The summed E-state index contributed by atoms with van der Waals surface area (Å²) in [6.07, 6.45) is 0. The molecule has 4 heteroatoms. The van der Waals surface area contributed by atoms with Crippen molar-refractivity contribution in [2.24, 2.45) is 0 Å². The largest absolute Gasteiger partial charge is 0.455 e. The number of furan rings is 2. The minimum Gasteiger partial charge on any atom is -0.455 e.